The lowest BCUT2D eigenvalue weighted by atomic mass is 10.1. The van der Waals surface area contributed by atoms with Gasteiger partial charge in [0.05, 0.1) is 5.56 Å². The zero-order valence-corrected chi connectivity index (χ0v) is 16.5. The fraction of sp³-hybridized carbons (Fsp3) is 0.318. The second kappa shape index (κ2) is 7.59. The second-order valence-corrected chi connectivity index (χ2v) is 7.53. The first-order valence-electron chi connectivity index (χ1n) is 9.59. The number of hydrogen-bond acceptors (Lipinski definition) is 4. The zero-order chi connectivity index (χ0) is 21.5. The van der Waals surface area contributed by atoms with Crippen molar-refractivity contribution in [2.24, 2.45) is 0 Å². The minimum atomic E-state index is -4.43. The standard InChI is InChI=1S/C22H20F3N3O2/c1-13-6-7-16(10-14(13)2)20-26-21(30-27-20)18-8-9-19(29)28(18)12-15-4-3-5-17(11-15)22(23,24)25/h3-7,10-11,18H,8-9,12H2,1-2H3. The lowest BCUT2D eigenvalue weighted by molar-refractivity contribution is -0.137. The molecular weight excluding hydrogens is 395 g/mol. The first kappa shape index (κ1) is 20.1. The monoisotopic (exact) mass is 415 g/mol. The average Bonchev–Trinajstić information content (AvgIpc) is 3.31. The van der Waals surface area contributed by atoms with Gasteiger partial charge in [0.15, 0.2) is 0 Å². The summed E-state index contributed by atoms with van der Waals surface area (Å²) in [5.74, 6) is 0.566. The average molecular weight is 415 g/mol. The van der Waals surface area contributed by atoms with E-state index in [1.807, 2.05) is 32.0 Å². The van der Waals surface area contributed by atoms with Crippen LogP contribution in [0.4, 0.5) is 13.2 Å². The Bertz CT molecular complexity index is 1090. The number of likely N-dealkylation sites (tertiary alicyclic amines) is 1. The Kier molecular flexibility index (Phi) is 5.09. The van der Waals surface area contributed by atoms with Crippen LogP contribution in [0.5, 0.6) is 0 Å². The Hall–Kier alpha value is -3.16. The molecule has 156 valence electrons. The van der Waals surface area contributed by atoms with Gasteiger partial charge in [0.25, 0.3) is 0 Å². The molecule has 2 heterocycles. The van der Waals surface area contributed by atoms with Gasteiger partial charge in [-0.25, -0.2) is 0 Å². The molecule has 4 rings (SSSR count). The highest BCUT2D eigenvalue weighted by Crippen LogP contribution is 2.35. The van der Waals surface area contributed by atoms with Crippen LogP contribution >= 0.6 is 0 Å². The number of rotatable bonds is 4. The molecule has 0 radical (unpaired) electrons. The summed E-state index contributed by atoms with van der Waals surface area (Å²) in [5.41, 5.74) is 2.72. The van der Waals surface area contributed by atoms with Gasteiger partial charge < -0.3 is 9.42 Å². The van der Waals surface area contributed by atoms with Crippen molar-refractivity contribution >= 4 is 5.91 Å². The molecule has 0 aliphatic carbocycles. The van der Waals surface area contributed by atoms with Crippen molar-refractivity contribution in [1.82, 2.24) is 15.0 Å². The topological polar surface area (TPSA) is 59.2 Å². The van der Waals surface area contributed by atoms with Gasteiger partial charge in [0, 0.05) is 18.5 Å². The predicted molar refractivity (Wildman–Crippen MR) is 103 cm³/mol. The van der Waals surface area contributed by atoms with E-state index in [-0.39, 0.29) is 18.9 Å². The largest absolute Gasteiger partial charge is 0.416 e. The lowest BCUT2D eigenvalue weighted by Gasteiger charge is -2.22. The number of hydrogen-bond donors (Lipinski definition) is 0. The summed E-state index contributed by atoms with van der Waals surface area (Å²) in [5, 5.41) is 4.04. The lowest BCUT2D eigenvalue weighted by Crippen LogP contribution is -2.27. The fourth-order valence-corrected chi connectivity index (χ4v) is 3.60. The third-order valence-corrected chi connectivity index (χ3v) is 5.43. The maximum Gasteiger partial charge on any atom is 0.416 e. The smallest absolute Gasteiger partial charge is 0.337 e. The minimum Gasteiger partial charge on any atom is -0.337 e. The first-order chi connectivity index (χ1) is 14.2. The molecule has 30 heavy (non-hydrogen) atoms. The molecule has 1 amide bonds. The number of halogens is 3. The molecule has 2 aromatic carbocycles. The Morgan fingerprint density at radius 3 is 2.67 bits per heavy atom. The van der Waals surface area contributed by atoms with Gasteiger partial charge in [-0.2, -0.15) is 18.2 Å². The van der Waals surface area contributed by atoms with E-state index in [9.17, 15) is 18.0 Å². The van der Waals surface area contributed by atoms with Crippen LogP contribution in [0.3, 0.4) is 0 Å². The fourth-order valence-electron chi connectivity index (χ4n) is 3.60. The van der Waals surface area contributed by atoms with Crippen LogP contribution in [0, 0.1) is 13.8 Å². The van der Waals surface area contributed by atoms with Crippen LogP contribution in [0.2, 0.25) is 0 Å². The van der Waals surface area contributed by atoms with E-state index < -0.39 is 17.8 Å². The molecule has 3 aromatic rings. The van der Waals surface area contributed by atoms with E-state index in [1.165, 1.54) is 11.0 Å². The Morgan fingerprint density at radius 2 is 1.93 bits per heavy atom. The van der Waals surface area contributed by atoms with Crippen molar-refractivity contribution in [3.05, 3.63) is 70.6 Å². The maximum atomic E-state index is 13.0. The van der Waals surface area contributed by atoms with E-state index in [0.717, 1.165) is 28.8 Å². The predicted octanol–water partition coefficient (Wildman–Crippen LogP) is 5.24. The zero-order valence-electron chi connectivity index (χ0n) is 16.5. The van der Waals surface area contributed by atoms with Crippen LogP contribution in [0.1, 0.15) is 47.0 Å². The van der Waals surface area contributed by atoms with Crippen LogP contribution in [0.25, 0.3) is 11.4 Å². The molecule has 1 saturated heterocycles. The molecular formula is C22H20F3N3O2. The van der Waals surface area contributed by atoms with Crippen molar-refractivity contribution in [3.8, 4) is 11.4 Å². The Balaban J connectivity index is 1.58. The van der Waals surface area contributed by atoms with Crippen molar-refractivity contribution in [1.29, 1.82) is 0 Å². The molecule has 0 saturated carbocycles. The molecule has 1 aliphatic heterocycles. The van der Waals surface area contributed by atoms with Gasteiger partial charge in [-0.15, -0.1) is 0 Å². The van der Waals surface area contributed by atoms with E-state index in [0.29, 0.717) is 23.7 Å². The van der Waals surface area contributed by atoms with E-state index in [2.05, 4.69) is 10.1 Å². The molecule has 1 atom stereocenters. The Labute approximate surface area is 171 Å². The SMILES string of the molecule is Cc1ccc(-c2noc(C3CCC(=O)N3Cc3cccc(C(F)(F)F)c3)n2)cc1C. The number of carbonyl (C=O) groups is 1. The molecule has 1 aliphatic rings. The molecule has 0 bridgehead atoms. The Morgan fingerprint density at radius 1 is 1.13 bits per heavy atom. The third kappa shape index (κ3) is 3.94. The van der Waals surface area contributed by atoms with E-state index in [4.69, 9.17) is 4.52 Å². The van der Waals surface area contributed by atoms with E-state index in [1.54, 1.807) is 6.07 Å². The highest BCUT2D eigenvalue weighted by Gasteiger charge is 2.36. The summed E-state index contributed by atoms with van der Waals surface area (Å²) >= 11 is 0. The molecule has 8 heteroatoms. The van der Waals surface area contributed by atoms with Crippen LogP contribution in [-0.4, -0.2) is 20.9 Å². The van der Waals surface area contributed by atoms with Crippen LogP contribution in [-0.2, 0) is 17.5 Å². The molecule has 0 spiro atoms. The number of carbonyl (C=O) groups excluding carboxylic acids is 1. The maximum absolute atomic E-state index is 13.0. The number of aromatic nitrogens is 2. The second-order valence-electron chi connectivity index (χ2n) is 7.53. The van der Waals surface area contributed by atoms with Crippen molar-refractivity contribution in [3.63, 3.8) is 0 Å². The highest BCUT2D eigenvalue weighted by molar-refractivity contribution is 5.78. The number of benzene rings is 2. The van der Waals surface area contributed by atoms with Crippen molar-refractivity contribution in [2.75, 3.05) is 0 Å². The van der Waals surface area contributed by atoms with Gasteiger partial charge in [-0.1, -0.05) is 29.4 Å². The van der Waals surface area contributed by atoms with Crippen molar-refractivity contribution in [2.45, 2.75) is 45.5 Å². The quantitative estimate of drug-likeness (QED) is 0.585. The van der Waals surface area contributed by atoms with Gasteiger partial charge in [0.1, 0.15) is 6.04 Å². The summed E-state index contributed by atoms with van der Waals surface area (Å²) in [4.78, 5) is 18.4. The summed E-state index contributed by atoms with van der Waals surface area (Å²) < 4.78 is 44.4. The van der Waals surface area contributed by atoms with Gasteiger partial charge in [-0.3, -0.25) is 4.79 Å². The minimum absolute atomic E-state index is 0.0504. The summed E-state index contributed by atoms with van der Waals surface area (Å²) in [6.07, 6.45) is -3.67. The molecule has 1 aromatic heterocycles. The van der Waals surface area contributed by atoms with Crippen LogP contribution in [0.15, 0.2) is 47.0 Å². The number of aryl methyl sites for hydroxylation is 2. The number of alkyl halides is 3. The normalized spacial score (nSPS) is 17.0. The molecule has 1 unspecified atom stereocenters. The van der Waals surface area contributed by atoms with Gasteiger partial charge in [0.2, 0.25) is 17.6 Å². The number of nitrogens with zero attached hydrogens (tertiary/aromatic N) is 3. The summed E-state index contributed by atoms with van der Waals surface area (Å²) in [6, 6.07) is 10.4. The summed E-state index contributed by atoms with van der Waals surface area (Å²) in [6.45, 7) is 4.05. The molecule has 0 N–H and O–H groups in total. The summed E-state index contributed by atoms with van der Waals surface area (Å²) in [7, 11) is 0. The van der Waals surface area contributed by atoms with Gasteiger partial charge in [-0.05, 0) is 55.2 Å². The molecule has 1 fully saturated rings. The first-order valence-corrected chi connectivity index (χ1v) is 9.59. The van der Waals surface area contributed by atoms with Crippen LogP contribution < -0.4 is 0 Å². The molecule has 5 nitrogen and oxygen atoms in total. The third-order valence-electron chi connectivity index (χ3n) is 5.43. The number of amides is 1. The van der Waals surface area contributed by atoms with E-state index >= 15 is 0 Å². The van der Waals surface area contributed by atoms with Crippen molar-refractivity contribution < 1.29 is 22.5 Å². The van der Waals surface area contributed by atoms with Gasteiger partial charge >= 0.3 is 6.18 Å². The highest BCUT2D eigenvalue weighted by atomic mass is 19.4.